The quantitative estimate of drug-likeness (QED) is 0.749. The Kier molecular flexibility index (Phi) is 6.10. The van der Waals surface area contributed by atoms with Crippen molar-refractivity contribution < 1.29 is 23.9 Å². The number of nitrogens with zero attached hydrogens (tertiary/aromatic N) is 1. The summed E-state index contributed by atoms with van der Waals surface area (Å²) >= 11 is 1.55. The van der Waals surface area contributed by atoms with E-state index < -0.39 is 18.1 Å². The van der Waals surface area contributed by atoms with Gasteiger partial charge in [0.2, 0.25) is 12.0 Å². The molecule has 3 fully saturated rings. The lowest BCUT2D eigenvalue weighted by Gasteiger charge is -2.36. The third-order valence-corrected chi connectivity index (χ3v) is 7.47. The highest BCUT2D eigenvalue weighted by atomic mass is 32.2. The van der Waals surface area contributed by atoms with Gasteiger partial charge in [0, 0.05) is 24.4 Å². The Morgan fingerprint density at radius 3 is 2.52 bits per heavy atom. The monoisotopic (exact) mass is 418 g/mol. The van der Waals surface area contributed by atoms with E-state index in [1.54, 1.807) is 28.8 Å². The molecule has 29 heavy (non-hydrogen) atoms. The Balaban J connectivity index is 1.46. The van der Waals surface area contributed by atoms with Gasteiger partial charge in [0.05, 0.1) is 18.0 Å². The lowest BCUT2D eigenvalue weighted by Crippen LogP contribution is -2.56. The van der Waals surface area contributed by atoms with Crippen molar-refractivity contribution in [3.63, 3.8) is 0 Å². The molecule has 0 aromatic heterocycles. The summed E-state index contributed by atoms with van der Waals surface area (Å²) in [5, 5.41) is 2.84. The molecular weight excluding hydrogens is 392 g/mol. The van der Waals surface area contributed by atoms with Crippen molar-refractivity contribution in [3.05, 3.63) is 35.9 Å². The van der Waals surface area contributed by atoms with Crippen molar-refractivity contribution in [3.8, 4) is 0 Å². The van der Waals surface area contributed by atoms with E-state index in [-0.39, 0.29) is 16.6 Å². The summed E-state index contributed by atoms with van der Waals surface area (Å²) in [6.45, 7) is 1.88. The predicted octanol–water partition coefficient (Wildman–Crippen LogP) is 1.67. The molecule has 8 heteroatoms. The number of nitrogens with one attached hydrogen (secondary N) is 1. The molecule has 1 N–H and O–H groups in total. The van der Waals surface area contributed by atoms with Gasteiger partial charge in [0.25, 0.3) is 5.91 Å². The van der Waals surface area contributed by atoms with Crippen LogP contribution in [0.25, 0.3) is 0 Å². The number of esters is 1. The van der Waals surface area contributed by atoms with E-state index in [2.05, 4.69) is 5.32 Å². The molecule has 1 aliphatic carbocycles. The highest BCUT2D eigenvalue weighted by molar-refractivity contribution is 8.01. The number of morpholine rings is 1. The first kappa shape index (κ1) is 20.2. The number of hydrogen-bond acceptors (Lipinski definition) is 6. The third kappa shape index (κ3) is 4.28. The molecule has 3 aliphatic rings. The number of ether oxygens (including phenoxy) is 2. The topological polar surface area (TPSA) is 84.9 Å². The summed E-state index contributed by atoms with van der Waals surface area (Å²) in [5.41, 5.74) is 0.624. The Morgan fingerprint density at radius 2 is 1.86 bits per heavy atom. The zero-order valence-electron chi connectivity index (χ0n) is 16.3. The van der Waals surface area contributed by atoms with E-state index in [0.29, 0.717) is 37.6 Å². The summed E-state index contributed by atoms with van der Waals surface area (Å²) < 4.78 is 10.6. The zero-order valence-corrected chi connectivity index (χ0v) is 17.1. The highest BCUT2D eigenvalue weighted by Crippen LogP contribution is 2.44. The Bertz CT molecular complexity index is 760. The first-order chi connectivity index (χ1) is 14.1. The first-order valence-electron chi connectivity index (χ1n) is 10.2. The van der Waals surface area contributed by atoms with Crippen molar-refractivity contribution >= 4 is 29.5 Å². The summed E-state index contributed by atoms with van der Waals surface area (Å²) in [6, 6.07) is 8.29. The van der Waals surface area contributed by atoms with Crippen molar-refractivity contribution in [1.82, 2.24) is 10.2 Å². The molecule has 1 aromatic carbocycles. The van der Waals surface area contributed by atoms with Gasteiger partial charge < -0.3 is 19.7 Å². The molecule has 1 saturated carbocycles. The van der Waals surface area contributed by atoms with E-state index in [9.17, 15) is 14.4 Å². The normalized spacial score (nSPS) is 24.8. The lowest BCUT2D eigenvalue weighted by atomic mass is 10.1. The first-order valence-corrected chi connectivity index (χ1v) is 11.1. The molecule has 2 amide bonds. The summed E-state index contributed by atoms with van der Waals surface area (Å²) in [4.78, 5) is 40.3. The van der Waals surface area contributed by atoms with Crippen molar-refractivity contribution in [1.29, 1.82) is 0 Å². The Hall–Kier alpha value is -2.06. The van der Waals surface area contributed by atoms with Gasteiger partial charge in [0.15, 0.2) is 0 Å². The molecule has 0 radical (unpaired) electrons. The maximum absolute atomic E-state index is 13.1. The number of benzene rings is 1. The Labute approximate surface area is 174 Å². The fraction of sp³-hybridized carbons (Fsp3) is 0.571. The fourth-order valence-corrected chi connectivity index (χ4v) is 5.59. The van der Waals surface area contributed by atoms with Crippen LogP contribution in [0.2, 0.25) is 0 Å². The lowest BCUT2D eigenvalue weighted by molar-refractivity contribution is -0.164. The Morgan fingerprint density at radius 1 is 1.17 bits per heavy atom. The number of carbonyl (C=O) groups is 3. The second-order valence-corrected chi connectivity index (χ2v) is 9.11. The van der Waals surface area contributed by atoms with Gasteiger partial charge in [-0.05, 0) is 12.8 Å². The number of hydrogen-bond donors (Lipinski definition) is 1. The van der Waals surface area contributed by atoms with Crippen molar-refractivity contribution in [2.45, 2.75) is 42.6 Å². The van der Waals surface area contributed by atoms with E-state index in [1.807, 2.05) is 18.2 Å². The van der Waals surface area contributed by atoms with E-state index >= 15 is 0 Å². The van der Waals surface area contributed by atoms with Gasteiger partial charge >= 0.3 is 5.97 Å². The van der Waals surface area contributed by atoms with Crippen LogP contribution in [0.1, 0.15) is 37.4 Å². The molecule has 0 unspecified atom stereocenters. The molecule has 1 aromatic rings. The maximum Gasteiger partial charge on any atom is 0.330 e. The van der Waals surface area contributed by atoms with Crippen LogP contribution in [0, 0.1) is 0 Å². The second-order valence-electron chi connectivity index (χ2n) is 7.70. The summed E-state index contributed by atoms with van der Waals surface area (Å²) in [7, 11) is 0. The van der Waals surface area contributed by atoms with Crippen LogP contribution < -0.4 is 5.32 Å². The van der Waals surface area contributed by atoms with Gasteiger partial charge in [-0.25, -0.2) is 4.79 Å². The molecule has 2 atom stereocenters. The average Bonchev–Trinajstić information content (AvgIpc) is 3.24. The molecular formula is C21H26N2O5S. The zero-order chi connectivity index (χ0) is 20.3. The van der Waals surface area contributed by atoms with Crippen LogP contribution in [0.4, 0.5) is 0 Å². The van der Waals surface area contributed by atoms with Crippen LogP contribution in [-0.2, 0) is 23.9 Å². The molecule has 4 rings (SSSR count). The predicted molar refractivity (Wildman–Crippen MR) is 108 cm³/mol. The van der Waals surface area contributed by atoms with E-state index in [4.69, 9.17) is 9.47 Å². The minimum atomic E-state index is -1.02. The van der Waals surface area contributed by atoms with E-state index in [1.165, 1.54) is 0 Å². The van der Waals surface area contributed by atoms with Crippen LogP contribution in [-0.4, -0.2) is 65.5 Å². The largest absolute Gasteiger partial charge is 0.446 e. The van der Waals surface area contributed by atoms with Crippen LogP contribution in [0.5, 0.6) is 0 Å². The molecule has 2 heterocycles. The number of thioether (sulfide) groups is 1. The third-order valence-electron chi connectivity index (χ3n) is 5.82. The maximum atomic E-state index is 13.1. The van der Waals surface area contributed by atoms with Gasteiger partial charge in [-0.2, -0.15) is 0 Å². The molecule has 1 spiro atoms. The van der Waals surface area contributed by atoms with Gasteiger partial charge in [0.1, 0.15) is 6.04 Å². The minimum absolute atomic E-state index is 0.0797. The van der Waals surface area contributed by atoms with Crippen LogP contribution >= 0.6 is 11.8 Å². The smallest absolute Gasteiger partial charge is 0.330 e. The SMILES string of the molecule is O=C(O[C@H](C(=O)N1CCOCC1)c1ccccc1)[C@H]1CSC2(CCCC2)C(=O)N1. The van der Waals surface area contributed by atoms with E-state index in [0.717, 1.165) is 25.7 Å². The van der Waals surface area contributed by atoms with Crippen molar-refractivity contribution in [2.24, 2.45) is 0 Å². The molecule has 7 nitrogen and oxygen atoms in total. The van der Waals surface area contributed by atoms with Gasteiger partial charge in [-0.1, -0.05) is 43.2 Å². The number of rotatable bonds is 4. The number of amides is 2. The fourth-order valence-electron chi connectivity index (χ4n) is 4.12. The standard InChI is InChI=1S/C21H26N2O5S/c24-18(23-10-12-27-13-11-23)17(15-6-2-1-3-7-15)28-19(25)16-14-29-21(20(26)22-16)8-4-5-9-21/h1-3,6-7,16-17H,4-5,8-14H2,(H,22,26)/t16-,17+/m1/s1. The molecule has 2 aliphatic heterocycles. The molecule has 0 bridgehead atoms. The van der Waals surface area contributed by atoms with Gasteiger partial charge in [-0.3, -0.25) is 9.59 Å². The minimum Gasteiger partial charge on any atom is -0.446 e. The molecule has 156 valence electrons. The highest BCUT2D eigenvalue weighted by Gasteiger charge is 2.47. The number of carbonyl (C=O) groups excluding carboxylic acids is 3. The second kappa shape index (κ2) is 8.75. The molecule has 2 saturated heterocycles. The summed E-state index contributed by atoms with van der Waals surface area (Å²) in [6.07, 6.45) is 2.77. The van der Waals surface area contributed by atoms with Crippen LogP contribution in [0.15, 0.2) is 30.3 Å². The average molecular weight is 419 g/mol. The summed E-state index contributed by atoms with van der Waals surface area (Å²) in [5.74, 6) is -0.425. The van der Waals surface area contributed by atoms with Gasteiger partial charge in [-0.15, -0.1) is 11.8 Å². The van der Waals surface area contributed by atoms with Crippen LogP contribution in [0.3, 0.4) is 0 Å². The van der Waals surface area contributed by atoms with Crippen molar-refractivity contribution in [2.75, 3.05) is 32.1 Å².